The molecular formula is C24H21N3O4S2. The number of Topliss-reactive ketones (excluding diaryl/α,β-unsaturated/α-hetero) is 1. The first kappa shape index (κ1) is 21.5. The molecule has 0 atom stereocenters. The molecule has 3 heterocycles. The van der Waals surface area contributed by atoms with Crippen molar-refractivity contribution in [2.45, 2.75) is 19.4 Å². The van der Waals surface area contributed by atoms with Crippen LogP contribution in [0.4, 0.5) is 5.69 Å². The first-order chi connectivity index (χ1) is 15.8. The number of ketones is 1. The summed E-state index contributed by atoms with van der Waals surface area (Å²) in [6.07, 6.45) is 3.99. The molecule has 0 bridgehead atoms. The van der Waals surface area contributed by atoms with Crippen molar-refractivity contribution in [2.24, 2.45) is 0 Å². The van der Waals surface area contributed by atoms with E-state index in [9.17, 15) is 18.0 Å². The van der Waals surface area contributed by atoms with Crippen LogP contribution < -0.4 is 9.86 Å². The fourth-order valence-corrected chi connectivity index (χ4v) is 6.13. The number of aromatic nitrogens is 2. The highest BCUT2D eigenvalue weighted by molar-refractivity contribution is 7.92. The number of rotatable bonds is 5. The van der Waals surface area contributed by atoms with Crippen LogP contribution in [0.2, 0.25) is 0 Å². The highest BCUT2D eigenvalue weighted by atomic mass is 32.2. The van der Waals surface area contributed by atoms with Crippen LogP contribution in [-0.4, -0.2) is 36.6 Å². The van der Waals surface area contributed by atoms with Gasteiger partial charge in [-0.15, -0.1) is 11.3 Å². The number of sulfonamides is 1. The maximum atomic E-state index is 13.0. The topological polar surface area (TPSA) is 89.3 Å². The molecular weight excluding hydrogens is 458 g/mol. The van der Waals surface area contributed by atoms with Crippen molar-refractivity contribution in [1.82, 2.24) is 9.55 Å². The second kappa shape index (κ2) is 8.24. The lowest BCUT2D eigenvalue weighted by Gasteiger charge is -2.29. The zero-order chi connectivity index (χ0) is 23.2. The number of nitrogens with zero attached hydrogens (tertiary/aromatic N) is 3. The summed E-state index contributed by atoms with van der Waals surface area (Å²) in [7, 11) is -3.37. The van der Waals surface area contributed by atoms with E-state index in [1.54, 1.807) is 18.2 Å². The summed E-state index contributed by atoms with van der Waals surface area (Å²) in [5.74, 6) is -0.226. The average molecular weight is 480 g/mol. The Balaban J connectivity index is 1.44. The fourth-order valence-electron chi connectivity index (χ4n) is 4.14. The Morgan fingerprint density at radius 2 is 1.91 bits per heavy atom. The van der Waals surface area contributed by atoms with Crippen molar-refractivity contribution >= 4 is 43.0 Å². The van der Waals surface area contributed by atoms with Gasteiger partial charge in [-0.1, -0.05) is 30.3 Å². The molecule has 0 unspecified atom stereocenters. The number of carbonyl (C=O) groups is 1. The maximum Gasteiger partial charge on any atom is 0.262 e. The highest BCUT2D eigenvalue weighted by Gasteiger charge is 2.25. The van der Waals surface area contributed by atoms with Crippen LogP contribution in [0, 0.1) is 0 Å². The number of benzene rings is 2. The molecule has 9 heteroatoms. The van der Waals surface area contributed by atoms with Crippen LogP contribution in [0.1, 0.15) is 22.3 Å². The third-order valence-corrected chi connectivity index (χ3v) is 8.04. The summed E-state index contributed by atoms with van der Waals surface area (Å²) < 4.78 is 26.8. The second-order valence-corrected chi connectivity index (χ2v) is 11.0. The number of aryl methyl sites for hydroxylation is 1. The molecule has 5 rings (SSSR count). The quantitative estimate of drug-likeness (QED) is 0.407. The van der Waals surface area contributed by atoms with Crippen LogP contribution in [0.25, 0.3) is 20.7 Å². The predicted octanol–water partition coefficient (Wildman–Crippen LogP) is 3.72. The van der Waals surface area contributed by atoms with Gasteiger partial charge in [-0.25, -0.2) is 13.4 Å². The third-order valence-electron chi connectivity index (χ3n) is 5.77. The zero-order valence-electron chi connectivity index (χ0n) is 17.9. The standard InChI is InChI=1S/C24H21N3O4S2/c1-33(30,31)27-11-5-8-17-12-18(9-10-20(17)27)21(28)14-26-15-25-23-19(24(26)29)13-22(32-23)16-6-3-2-4-7-16/h2-4,6-7,9-10,12-13,15H,5,8,11,14H2,1H3. The summed E-state index contributed by atoms with van der Waals surface area (Å²) in [5, 5.41) is 0.489. The lowest BCUT2D eigenvalue weighted by atomic mass is 9.99. The van der Waals surface area contributed by atoms with Crippen molar-refractivity contribution in [2.75, 3.05) is 17.1 Å². The molecule has 4 aromatic rings. The number of hydrogen-bond donors (Lipinski definition) is 0. The minimum absolute atomic E-state index is 0.132. The maximum absolute atomic E-state index is 13.0. The highest BCUT2D eigenvalue weighted by Crippen LogP contribution is 2.31. The summed E-state index contributed by atoms with van der Waals surface area (Å²) in [4.78, 5) is 32.0. The van der Waals surface area contributed by atoms with Gasteiger partial charge in [0.1, 0.15) is 4.83 Å². The molecule has 0 fully saturated rings. The van der Waals surface area contributed by atoms with Crippen molar-refractivity contribution in [3.63, 3.8) is 0 Å². The number of fused-ring (bicyclic) bond motifs is 2. The first-order valence-corrected chi connectivity index (χ1v) is 13.2. The van der Waals surface area contributed by atoms with Crippen LogP contribution in [0.15, 0.2) is 65.7 Å². The van der Waals surface area contributed by atoms with Gasteiger partial charge >= 0.3 is 0 Å². The number of carbonyl (C=O) groups excluding carboxylic acids is 1. The molecule has 0 saturated heterocycles. The van der Waals surface area contributed by atoms with Gasteiger partial charge in [0.15, 0.2) is 5.78 Å². The molecule has 0 saturated carbocycles. The SMILES string of the molecule is CS(=O)(=O)N1CCCc2cc(C(=O)Cn3cnc4sc(-c5ccccc5)cc4c3=O)ccc21. The largest absolute Gasteiger partial charge is 0.292 e. The first-order valence-electron chi connectivity index (χ1n) is 10.5. The Labute approximate surface area is 195 Å². The minimum Gasteiger partial charge on any atom is -0.292 e. The molecule has 33 heavy (non-hydrogen) atoms. The number of anilines is 1. The summed E-state index contributed by atoms with van der Waals surface area (Å²) >= 11 is 1.44. The Kier molecular flexibility index (Phi) is 5.38. The Bertz CT molecular complexity index is 1540. The second-order valence-electron chi connectivity index (χ2n) is 8.08. The van der Waals surface area contributed by atoms with Crippen molar-refractivity contribution < 1.29 is 13.2 Å². The van der Waals surface area contributed by atoms with Crippen molar-refractivity contribution in [3.8, 4) is 10.4 Å². The summed E-state index contributed by atoms with van der Waals surface area (Å²) in [5.41, 5.74) is 2.65. The Morgan fingerprint density at radius 1 is 1.12 bits per heavy atom. The van der Waals surface area contributed by atoms with E-state index in [1.165, 1.54) is 32.8 Å². The molecule has 7 nitrogen and oxygen atoms in total. The zero-order valence-corrected chi connectivity index (χ0v) is 19.5. The van der Waals surface area contributed by atoms with E-state index in [0.717, 1.165) is 16.0 Å². The van der Waals surface area contributed by atoms with E-state index >= 15 is 0 Å². The normalized spacial score (nSPS) is 13.8. The molecule has 0 aliphatic carbocycles. The van der Waals surface area contributed by atoms with E-state index < -0.39 is 10.0 Å². The van der Waals surface area contributed by atoms with Crippen LogP contribution in [-0.2, 0) is 23.0 Å². The van der Waals surface area contributed by atoms with E-state index in [-0.39, 0.29) is 17.9 Å². The van der Waals surface area contributed by atoms with Gasteiger partial charge in [0.25, 0.3) is 5.56 Å². The van der Waals surface area contributed by atoms with Gasteiger partial charge in [-0.3, -0.25) is 18.5 Å². The average Bonchev–Trinajstić information content (AvgIpc) is 3.25. The lowest BCUT2D eigenvalue weighted by Crippen LogP contribution is -2.34. The fraction of sp³-hybridized carbons (Fsp3) is 0.208. The van der Waals surface area contributed by atoms with E-state index in [4.69, 9.17) is 0 Å². The number of hydrogen-bond acceptors (Lipinski definition) is 6. The monoisotopic (exact) mass is 479 g/mol. The van der Waals surface area contributed by atoms with E-state index in [2.05, 4.69) is 4.98 Å². The molecule has 0 radical (unpaired) electrons. The third kappa shape index (κ3) is 4.09. The molecule has 0 amide bonds. The van der Waals surface area contributed by atoms with Crippen LogP contribution >= 0.6 is 11.3 Å². The summed E-state index contributed by atoms with van der Waals surface area (Å²) in [6.45, 7) is 0.304. The smallest absolute Gasteiger partial charge is 0.262 e. The Morgan fingerprint density at radius 3 is 2.67 bits per heavy atom. The molecule has 0 N–H and O–H groups in total. The Hall–Kier alpha value is -3.30. The van der Waals surface area contributed by atoms with Crippen molar-refractivity contribution in [1.29, 1.82) is 0 Å². The molecule has 0 spiro atoms. The van der Waals surface area contributed by atoms with Gasteiger partial charge in [0.2, 0.25) is 10.0 Å². The number of thiophene rings is 1. The van der Waals surface area contributed by atoms with Gasteiger partial charge < -0.3 is 0 Å². The lowest BCUT2D eigenvalue weighted by molar-refractivity contribution is 0.0970. The van der Waals surface area contributed by atoms with Gasteiger partial charge in [-0.2, -0.15) is 0 Å². The molecule has 2 aromatic heterocycles. The minimum atomic E-state index is -3.37. The molecule has 1 aliphatic rings. The predicted molar refractivity (Wildman–Crippen MR) is 131 cm³/mol. The van der Waals surface area contributed by atoms with Crippen LogP contribution in [0.3, 0.4) is 0 Å². The van der Waals surface area contributed by atoms with Gasteiger partial charge in [-0.05, 0) is 48.2 Å². The van der Waals surface area contributed by atoms with Crippen molar-refractivity contribution in [3.05, 3.63) is 82.4 Å². The van der Waals surface area contributed by atoms with Crippen LogP contribution in [0.5, 0.6) is 0 Å². The summed E-state index contributed by atoms with van der Waals surface area (Å²) in [6, 6.07) is 16.6. The van der Waals surface area contributed by atoms with E-state index in [0.29, 0.717) is 40.9 Å². The molecule has 1 aliphatic heterocycles. The molecule has 168 valence electrons. The molecule has 2 aromatic carbocycles. The van der Waals surface area contributed by atoms with Gasteiger partial charge in [0.05, 0.1) is 30.2 Å². The van der Waals surface area contributed by atoms with Gasteiger partial charge in [0, 0.05) is 17.0 Å². The van der Waals surface area contributed by atoms with E-state index in [1.807, 2.05) is 36.4 Å².